The molecule has 1 aliphatic rings. The molecule has 2 rings (SSSR count). The van der Waals surface area contributed by atoms with E-state index in [1.165, 1.54) is 0 Å². The van der Waals surface area contributed by atoms with Crippen molar-refractivity contribution in [1.29, 1.82) is 0 Å². The number of rotatable bonds is 4. The van der Waals surface area contributed by atoms with Crippen LogP contribution in [0.5, 0.6) is 11.5 Å². The zero-order chi connectivity index (χ0) is 13.8. The summed E-state index contributed by atoms with van der Waals surface area (Å²) >= 11 is 12.7. The quantitative estimate of drug-likeness (QED) is 0.801. The van der Waals surface area contributed by atoms with Gasteiger partial charge in [-0.2, -0.15) is 0 Å². The van der Waals surface area contributed by atoms with Gasteiger partial charge in [0, 0.05) is 5.56 Å². The van der Waals surface area contributed by atoms with E-state index in [2.05, 4.69) is 0 Å². The minimum Gasteiger partial charge on any atom is -0.495 e. The first-order valence-corrected chi connectivity index (χ1v) is 6.74. The van der Waals surface area contributed by atoms with E-state index in [4.69, 9.17) is 42.1 Å². The van der Waals surface area contributed by atoms with E-state index < -0.39 is 5.38 Å². The summed E-state index contributed by atoms with van der Waals surface area (Å²) in [5, 5.41) is 0.0172. The van der Waals surface area contributed by atoms with E-state index in [0.29, 0.717) is 36.3 Å². The summed E-state index contributed by atoms with van der Waals surface area (Å²) in [5.74, 6) is 1.06. The highest BCUT2D eigenvalue weighted by Gasteiger charge is 2.28. The van der Waals surface area contributed by atoms with Gasteiger partial charge in [-0.25, -0.2) is 0 Å². The second-order valence-corrected chi connectivity index (χ2v) is 4.94. The van der Waals surface area contributed by atoms with Crippen LogP contribution < -0.4 is 9.47 Å². The maximum Gasteiger partial charge on any atom is 0.146 e. The van der Waals surface area contributed by atoms with E-state index in [1.54, 1.807) is 20.3 Å². The van der Waals surface area contributed by atoms with E-state index in [9.17, 15) is 0 Å². The summed E-state index contributed by atoms with van der Waals surface area (Å²) in [6.45, 7) is 1.60. The number of alkyl halides is 1. The van der Waals surface area contributed by atoms with Gasteiger partial charge >= 0.3 is 0 Å². The largest absolute Gasteiger partial charge is 0.495 e. The van der Waals surface area contributed by atoms with Crippen LogP contribution in [-0.4, -0.2) is 40.1 Å². The maximum absolute atomic E-state index is 6.45. The third-order valence-electron chi connectivity index (χ3n) is 2.98. The summed E-state index contributed by atoms with van der Waals surface area (Å²) < 4.78 is 21.5. The predicted octanol–water partition coefficient (Wildman–Crippen LogP) is 3.05. The fraction of sp³-hybridized carbons (Fsp3) is 0.538. The molecule has 0 amide bonds. The van der Waals surface area contributed by atoms with Crippen molar-refractivity contribution in [2.75, 3.05) is 34.0 Å². The van der Waals surface area contributed by atoms with Crippen LogP contribution in [0.25, 0.3) is 0 Å². The molecule has 0 spiro atoms. The average Bonchev–Trinajstić information content (AvgIpc) is 2.47. The Bertz CT molecular complexity index is 433. The van der Waals surface area contributed by atoms with Crippen molar-refractivity contribution < 1.29 is 18.9 Å². The summed E-state index contributed by atoms with van der Waals surface area (Å²) in [4.78, 5) is 0. The molecule has 2 unspecified atom stereocenters. The molecule has 0 saturated carbocycles. The molecule has 2 atom stereocenters. The molecule has 1 aromatic carbocycles. The van der Waals surface area contributed by atoms with Gasteiger partial charge in [0.05, 0.1) is 39.4 Å². The molecule has 1 aromatic rings. The lowest BCUT2D eigenvalue weighted by molar-refractivity contribution is -0.0893. The summed E-state index contributed by atoms with van der Waals surface area (Å²) in [6, 6.07) is 3.60. The number of hydrogen-bond donors (Lipinski definition) is 0. The van der Waals surface area contributed by atoms with Crippen molar-refractivity contribution in [2.24, 2.45) is 0 Å². The summed E-state index contributed by atoms with van der Waals surface area (Å²) in [6.07, 6.45) is -0.214. The summed E-state index contributed by atoms with van der Waals surface area (Å²) in [5.41, 5.74) is 0.769. The van der Waals surface area contributed by atoms with Gasteiger partial charge in [-0.05, 0) is 12.1 Å². The number of ether oxygens (including phenoxy) is 4. The fourth-order valence-electron chi connectivity index (χ4n) is 2.01. The number of hydrogen-bond acceptors (Lipinski definition) is 4. The van der Waals surface area contributed by atoms with Crippen molar-refractivity contribution in [3.05, 3.63) is 22.7 Å². The molecule has 19 heavy (non-hydrogen) atoms. The highest BCUT2D eigenvalue weighted by molar-refractivity contribution is 6.34. The number of methoxy groups -OCH3 is 2. The molecule has 1 saturated heterocycles. The molecule has 0 aromatic heterocycles. The summed E-state index contributed by atoms with van der Waals surface area (Å²) in [7, 11) is 3.10. The molecule has 106 valence electrons. The van der Waals surface area contributed by atoms with Gasteiger partial charge in [0.1, 0.15) is 22.6 Å². The van der Waals surface area contributed by atoms with Crippen molar-refractivity contribution in [2.45, 2.75) is 11.5 Å². The zero-order valence-electron chi connectivity index (χ0n) is 10.8. The van der Waals surface area contributed by atoms with E-state index >= 15 is 0 Å². The molecular formula is C13H16Cl2O4. The van der Waals surface area contributed by atoms with Crippen LogP contribution in [0, 0.1) is 0 Å². The highest BCUT2D eigenvalue weighted by Crippen LogP contribution is 2.42. The highest BCUT2D eigenvalue weighted by atomic mass is 35.5. The third kappa shape index (κ3) is 3.08. The zero-order valence-corrected chi connectivity index (χ0v) is 12.3. The molecule has 0 radical (unpaired) electrons. The minimum atomic E-state index is -0.390. The standard InChI is InChI=1S/C13H16Cl2O4/c1-16-9-4-3-8(13(17-2)12(9)15)11(14)10-7-18-5-6-19-10/h3-4,10-11H,5-7H2,1-2H3. The van der Waals surface area contributed by atoms with Gasteiger partial charge in [0.25, 0.3) is 0 Å². The lowest BCUT2D eigenvalue weighted by Gasteiger charge is -2.28. The first-order chi connectivity index (χ1) is 9.19. The van der Waals surface area contributed by atoms with Crippen LogP contribution >= 0.6 is 23.2 Å². The first kappa shape index (κ1) is 14.7. The van der Waals surface area contributed by atoms with Crippen LogP contribution in [0.1, 0.15) is 10.9 Å². The second kappa shape index (κ2) is 6.66. The molecule has 0 bridgehead atoms. The third-order valence-corrected chi connectivity index (χ3v) is 3.86. The molecule has 6 heteroatoms. The predicted molar refractivity (Wildman–Crippen MR) is 73.7 cm³/mol. The van der Waals surface area contributed by atoms with E-state index in [1.807, 2.05) is 6.07 Å². The van der Waals surface area contributed by atoms with Gasteiger partial charge in [0.15, 0.2) is 0 Å². The lowest BCUT2D eigenvalue weighted by atomic mass is 10.1. The van der Waals surface area contributed by atoms with Crippen molar-refractivity contribution >= 4 is 23.2 Å². The van der Waals surface area contributed by atoms with Gasteiger partial charge in [-0.3, -0.25) is 0 Å². The van der Waals surface area contributed by atoms with Crippen molar-refractivity contribution in [3.63, 3.8) is 0 Å². The Morgan fingerprint density at radius 1 is 1.26 bits per heavy atom. The van der Waals surface area contributed by atoms with Gasteiger partial charge in [0.2, 0.25) is 0 Å². The smallest absolute Gasteiger partial charge is 0.146 e. The fourth-order valence-corrected chi connectivity index (χ4v) is 2.65. The number of benzene rings is 1. The Kier molecular flexibility index (Phi) is 5.16. The van der Waals surface area contributed by atoms with Crippen LogP contribution in [0.4, 0.5) is 0 Å². The van der Waals surface area contributed by atoms with Gasteiger partial charge in [-0.15, -0.1) is 11.6 Å². The minimum absolute atomic E-state index is 0.214. The Labute approximate surface area is 122 Å². The molecular weight excluding hydrogens is 291 g/mol. The molecule has 1 aliphatic heterocycles. The Balaban J connectivity index is 2.30. The molecule has 1 fully saturated rings. The second-order valence-electron chi connectivity index (χ2n) is 4.09. The monoisotopic (exact) mass is 306 g/mol. The SMILES string of the molecule is COc1ccc(C(Cl)C2COCCO2)c(OC)c1Cl. The average molecular weight is 307 g/mol. The Hall–Kier alpha value is -0.680. The van der Waals surface area contributed by atoms with Crippen LogP contribution in [-0.2, 0) is 9.47 Å². The lowest BCUT2D eigenvalue weighted by Crippen LogP contribution is -2.32. The van der Waals surface area contributed by atoms with Crippen LogP contribution in [0.15, 0.2) is 12.1 Å². The molecule has 4 nitrogen and oxygen atoms in total. The van der Waals surface area contributed by atoms with Gasteiger partial charge in [-0.1, -0.05) is 11.6 Å². The molecule has 0 aliphatic carbocycles. The molecule has 1 heterocycles. The van der Waals surface area contributed by atoms with Crippen molar-refractivity contribution in [3.8, 4) is 11.5 Å². The normalized spacial score (nSPS) is 20.9. The topological polar surface area (TPSA) is 36.9 Å². The first-order valence-electron chi connectivity index (χ1n) is 5.92. The van der Waals surface area contributed by atoms with Crippen molar-refractivity contribution in [1.82, 2.24) is 0 Å². The Morgan fingerprint density at radius 3 is 2.63 bits per heavy atom. The van der Waals surface area contributed by atoms with E-state index in [0.717, 1.165) is 5.56 Å². The number of halogens is 2. The van der Waals surface area contributed by atoms with Crippen LogP contribution in [0.2, 0.25) is 5.02 Å². The van der Waals surface area contributed by atoms with E-state index in [-0.39, 0.29) is 6.10 Å². The Morgan fingerprint density at radius 2 is 2.05 bits per heavy atom. The molecule has 0 N–H and O–H groups in total. The van der Waals surface area contributed by atoms with Gasteiger partial charge < -0.3 is 18.9 Å². The maximum atomic E-state index is 6.45. The van der Waals surface area contributed by atoms with Crippen LogP contribution in [0.3, 0.4) is 0 Å².